The molecule has 1 aromatic heterocycles. The number of thioether (sulfide) groups is 1. The summed E-state index contributed by atoms with van der Waals surface area (Å²) in [7, 11) is 0. The van der Waals surface area contributed by atoms with E-state index in [1.165, 1.54) is 18.2 Å². The Morgan fingerprint density at radius 1 is 1.33 bits per heavy atom. The number of carboxylic acid groups (broad SMARTS) is 1. The van der Waals surface area contributed by atoms with Gasteiger partial charge in [-0.1, -0.05) is 11.6 Å². The lowest BCUT2D eigenvalue weighted by molar-refractivity contribution is 0.0698. The van der Waals surface area contributed by atoms with E-state index in [0.29, 0.717) is 11.5 Å². The van der Waals surface area contributed by atoms with Crippen LogP contribution in [0.25, 0.3) is 0 Å². The highest BCUT2D eigenvalue weighted by molar-refractivity contribution is 7.97. The topological polar surface area (TPSA) is 79.5 Å². The van der Waals surface area contributed by atoms with Gasteiger partial charge in [0.2, 0.25) is 0 Å². The van der Waals surface area contributed by atoms with Crippen LogP contribution in [0.15, 0.2) is 34.7 Å². The molecule has 110 valence electrons. The molecule has 21 heavy (non-hydrogen) atoms. The highest BCUT2D eigenvalue weighted by Gasteiger charge is 2.16. The SMILES string of the molecule is CSCc1ccc(C(=O)Nc2ccc(Cl)cc2C(=O)O)o1. The van der Waals surface area contributed by atoms with Gasteiger partial charge < -0.3 is 14.8 Å². The van der Waals surface area contributed by atoms with E-state index in [9.17, 15) is 9.59 Å². The quantitative estimate of drug-likeness (QED) is 0.875. The Hall–Kier alpha value is -1.92. The lowest BCUT2D eigenvalue weighted by atomic mass is 10.1. The summed E-state index contributed by atoms with van der Waals surface area (Å²) in [6.45, 7) is 0. The monoisotopic (exact) mass is 325 g/mol. The molecular formula is C14H12ClNO4S. The molecule has 0 unspecified atom stereocenters. The average molecular weight is 326 g/mol. The van der Waals surface area contributed by atoms with Crippen LogP contribution in [0, 0.1) is 0 Å². The number of benzene rings is 1. The first-order valence-corrected chi connectivity index (χ1v) is 7.70. The van der Waals surface area contributed by atoms with Crippen LogP contribution in [-0.2, 0) is 5.75 Å². The van der Waals surface area contributed by atoms with E-state index in [4.69, 9.17) is 21.1 Å². The van der Waals surface area contributed by atoms with Gasteiger partial charge in [0, 0.05) is 5.02 Å². The van der Waals surface area contributed by atoms with Gasteiger partial charge in [0.1, 0.15) is 5.76 Å². The molecule has 2 N–H and O–H groups in total. The molecule has 1 aromatic carbocycles. The zero-order valence-corrected chi connectivity index (χ0v) is 12.6. The number of anilines is 1. The van der Waals surface area contributed by atoms with Crippen molar-refractivity contribution < 1.29 is 19.1 Å². The number of amides is 1. The third kappa shape index (κ3) is 3.80. The molecule has 5 nitrogen and oxygen atoms in total. The number of carboxylic acids is 1. The van der Waals surface area contributed by atoms with Crippen LogP contribution in [0.3, 0.4) is 0 Å². The molecule has 0 spiro atoms. The molecule has 0 aliphatic heterocycles. The summed E-state index contributed by atoms with van der Waals surface area (Å²) in [5.74, 6) is -0.204. The lowest BCUT2D eigenvalue weighted by Gasteiger charge is -2.07. The van der Waals surface area contributed by atoms with E-state index in [1.54, 1.807) is 23.9 Å². The predicted octanol–water partition coefficient (Wildman–Crippen LogP) is 3.75. The average Bonchev–Trinajstić information content (AvgIpc) is 2.89. The molecular weight excluding hydrogens is 314 g/mol. The van der Waals surface area contributed by atoms with Gasteiger partial charge in [-0.05, 0) is 36.6 Å². The Balaban J connectivity index is 2.20. The van der Waals surface area contributed by atoms with Gasteiger partial charge in [-0.2, -0.15) is 11.8 Å². The zero-order chi connectivity index (χ0) is 15.4. The molecule has 7 heteroatoms. The van der Waals surface area contributed by atoms with Crippen LogP contribution < -0.4 is 5.32 Å². The molecule has 0 bridgehead atoms. The minimum Gasteiger partial charge on any atom is -0.478 e. The van der Waals surface area contributed by atoms with E-state index in [0.717, 1.165) is 0 Å². The fourth-order valence-corrected chi connectivity index (χ4v) is 2.32. The van der Waals surface area contributed by atoms with E-state index in [1.807, 2.05) is 6.26 Å². The first kappa shape index (κ1) is 15.5. The van der Waals surface area contributed by atoms with Crippen molar-refractivity contribution in [1.29, 1.82) is 0 Å². The minimum atomic E-state index is -1.17. The first-order valence-electron chi connectivity index (χ1n) is 5.93. The number of halogens is 1. The van der Waals surface area contributed by atoms with Crippen LogP contribution in [0.2, 0.25) is 5.02 Å². The van der Waals surface area contributed by atoms with Crippen molar-refractivity contribution in [3.05, 3.63) is 52.4 Å². The fourth-order valence-electron chi connectivity index (χ4n) is 1.71. The van der Waals surface area contributed by atoms with Gasteiger partial charge in [0.05, 0.1) is 17.0 Å². The molecule has 0 atom stereocenters. The van der Waals surface area contributed by atoms with Crippen LogP contribution >= 0.6 is 23.4 Å². The number of hydrogen-bond donors (Lipinski definition) is 2. The van der Waals surface area contributed by atoms with E-state index in [2.05, 4.69) is 5.32 Å². The summed E-state index contributed by atoms with van der Waals surface area (Å²) in [5, 5.41) is 11.9. The molecule has 0 saturated heterocycles. The first-order chi connectivity index (χ1) is 10.0. The van der Waals surface area contributed by atoms with Crippen LogP contribution in [0.4, 0.5) is 5.69 Å². The second-order valence-electron chi connectivity index (χ2n) is 4.15. The maximum Gasteiger partial charge on any atom is 0.337 e. The minimum absolute atomic E-state index is 0.0771. The maximum atomic E-state index is 12.1. The number of rotatable bonds is 5. The summed E-state index contributed by atoms with van der Waals surface area (Å²) >= 11 is 7.33. The fraction of sp³-hybridized carbons (Fsp3) is 0.143. The van der Waals surface area contributed by atoms with Gasteiger partial charge in [-0.3, -0.25) is 4.79 Å². The summed E-state index contributed by atoms with van der Waals surface area (Å²) in [6, 6.07) is 7.49. The Morgan fingerprint density at radius 3 is 2.76 bits per heavy atom. The van der Waals surface area contributed by atoms with Crippen molar-refractivity contribution in [1.82, 2.24) is 0 Å². The smallest absolute Gasteiger partial charge is 0.337 e. The molecule has 0 aliphatic carbocycles. The molecule has 0 fully saturated rings. The molecule has 0 saturated carbocycles. The Kier molecular flexibility index (Phi) is 4.93. The molecule has 0 radical (unpaired) electrons. The summed E-state index contributed by atoms with van der Waals surface area (Å²) in [4.78, 5) is 23.2. The van der Waals surface area contributed by atoms with Gasteiger partial charge >= 0.3 is 5.97 Å². The largest absolute Gasteiger partial charge is 0.478 e. The highest BCUT2D eigenvalue weighted by Crippen LogP contribution is 2.22. The normalized spacial score (nSPS) is 10.4. The third-order valence-corrected chi connectivity index (χ3v) is 3.44. The van der Waals surface area contributed by atoms with Gasteiger partial charge in [-0.15, -0.1) is 0 Å². The van der Waals surface area contributed by atoms with Crippen molar-refractivity contribution in [3.63, 3.8) is 0 Å². The Bertz CT molecular complexity index is 683. The standard InChI is InChI=1S/C14H12ClNO4S/c1-21-7-9-3-5-12(20-9)13(17)16-11-4-2-8(15)6-10(11)14(18)19/h2-6H,7H2,1H3,(H,16,17)(H,18,19). The summed E-state index contributed by atoms with van der Waals surface area (Å²) < 4.78 is 5.38. The van der Waals surface area contributed by atoms with Crippen LogP contribution in [0.5, 0.6) is 0 Å². The van der Waals surface area contributed by atoms with Crippen molar-refractivity contribution >= 4 is 40.9 Å². The van der Waals surface area contributed by atoms with Crippen molar-refractivity contribution in [2.24, 2.45) is 0 Å². The predicted molar refractivity (Wildman–Crippen MR) is 82.3 cm³/mol. The Morgan fingerprint density at radius 2 is 2.10 bits per heavy atom. The second-order valence-corrected chi connectivity index (χ2v) is 5.45. The number of carbonyl (C=O) groups is 2. The van der Waals surface area contributed by atoms with Crippen molar-refractivity contribution in [2.45, 2.75) is 5.75 Å². The number of carbonyl (C=O) groups excluding carboxylic acids is 1. The van der Waals surface area contributed by atoms with Crippen LogP contribution in [0.1, 0.15) is 26.7 Å². The number of aromatic carboxylic acids is 1. The third-order valence-electron chi connectivity index (χ3n) is 2.63. The van der Waals surface area contributed by atoms with Gasteiger partial charge in [-0.25, -0.2) is 4.79 Å². The number of nitrogens with one attached hydrogen (secondary N) is 1. The molecule has 2 aromatic rings. The lowest BCUT2D eigenvalue weighted by Crippen LogP contribution is -2.14. The number of hydrogen-bond acceptors (Lipinski definition) is 4. The Labute approximate surface area is 130 Å². The number of furan rings is 1. The van der Waals surface area contributed by atoms with E-state index < -0.39 is 11.9 Å². The van der Waals surface area contributed by atoms with Gasteiger partial charge in [0.15, 0.2) is 5.76 Å². The molecule has 2 rings (SSSR count). The van der Waals surface area contributed by atoms with Gasteiger partial charge in [0.25, 0.3) is 5.91 Å². The summed E-state index contributed by atoms with van der Waals surface area (Å²) in [6.07, 6.45) is 1.93. The molecule has 1 amide bonds. The van der Waals surface area contributed by atoms with E-state index in [-0.39, 0.29) is 22.0 Å². The summed E-state index contributed by atoms with van der Waals surface area (Å²) in [5.41, 5.74) is 0.0893. The zero-order valence-electron chi connectivity index (χ0n) is 11.1. The van der Waals surface area contributed by atoms with Crippen molar-refractivity contribution in [2.75, 3.05) is 11.6 Å². The second kappa shape index (κ2) is 6.69. The maximum absolute atomic E-state index is 12.1. The molecule has 0 aliphatic rings. The van der Waals surface area contributed by atoms with Crippen molar-refractivity contribution in [3.8, 4) is 0 Å². The van der Waals surface area contributed by atoms with Crippen LogP contribution in [-0.4, -0.2) is 23.2 Å². The highest BCUT2D eigenvalue weighted by atomic mass is 35.5. The van der Waals surface area contributed by atoms with E-state index >= 15 is 0 Å². The molecule has 1 heterocycles.